The molecule has 1 aromatic carbocycles. The number of hydrogen-bond acceptors (Lipinski definition) is 7. The highest BCUT2D eigenvalue weighted by Gasteiger charge is 2.37. The van der Waals surface area contributed by atoms with Crippen LogP contribution in [0, 0.1) is 0 Å². The van der Waals surface area contributed by atoms with Crippen LogP contribution in [-0.4, -0.2) is 40.2 Å². The van der Waals surface area contributed by atoms with Gasteiger partial charge in [-0.3, -0.25) is 0 Å². The van der Waals surface area contributed by atoms with E-state index in [1.807, 2.05) is 32.0 Å². The molecule has 2 aromatic rings. The summed E-state index contributed by atoms with van der Waals surface area (Å²) >= 11 is 5.12. The van der Waals surface area contributed by atoms with E-state index in [1.54, 1.807) is 23.6 Å². The molecule has 7 nitrogen and oxygen atoms in total. The van der Waals surface area contributed by atoms with Crippen molar-refractivity contribution in [1.82, 2.24) is 14.8 Å². The van der Waals surface area contributed by atoms with Gasteiger partial charge in [0.25, 0.3) is 0 Å². The lowest BCUT2D eigenvalue weighted by Crippen LogP contribution is -2.30. The largest absolute Gasteiger partial charge is 0.496 e. The lowest BCUT2D eigenvalue weighted by molar-refractivity contribution is -0.139. The fourth-order valence-corrected chi connectivity index (χ4v) is 4.19. The Kier molecular flexibility index (Phi) is 7.23. The molecule has 0 aliphatic carbocycles. The van der Waals surface area contributed by atoms with Gasteiger partial charge in [0.15, 0.2) is 0 Å². The van der Waals surface area contributed by atoms with Gasteiger partial charge in [-0.05, 0) is 38.0 Å². The van der Waals surface area contributed by atoms with E-state index in [0.29, 0.717) is 34.7 Å². The number of hydrogen-bond donors (Lipinski definition) is 1. The highest BCUT2D eigenvalue weighted by atomic mass is 79.9. The third-order valence-electron chi connectivity index (χ3n) is 4.41. The number of halogens is 1. The number of anilines is 1. The molecule has 9 heteroatoms. The molecule has 1 N–H and O–H groups in total. The van der Waals surface area contributed by atoms with Crippen molar-refractivity contribution in [3.63, 3.8) is 0 Å². The first-order chi connectivity index (χ1) is 14.0. The van der Waals surface area contributed by atoms with E-state index in [9.17, 15) is 4.79 Å². The van der Waals surface area contributed by atoms with Gasteiger partial charge in [0, 0.05) is 21.5 Å². The van der Waals surface area contributed by atoms with Crippen LogP contribution in [0.25, 0.3) is 0 Å². The van der Waals surface area contributed by atoms with Crippen molar-refractivity contribution >= 4 is 39.6 Å². The molecule has 1 atom stereocenters. The van der Waals surface area contributed by atoms with E-state index < -0.39 is 6.04 Å². The predicted molar refractivity (Wildman–Crippen MR) is 117 cm³/mol. The molecule has 0 spiro atoms. The molecular weight excluding hydrogens is 456 g/mol. The molecular formula is C20H25BrN4O3S. The monoisotopic (exact) mass is 480 g/mol. The molecule has 0 saturated heterocycles. The topological polar surface area (TPSA) is 78.3 Å². The number of nitrogens with zero attached hydrogens (tertiary/aromatic N) is 3. The molecule has 0 bridgehead atoms. The molecule has 1 aliphatic rings. The zero-order valence-electron chi connectivity index (χ0n) is 17.0. The van der Waals surface area contributed by atoms with Gasteiger partial charge in [0.1, 0.15) is 11.8 Å². The molecule has 1 aromatic heterocycles. The lowest BCUT2D eigenvalue weighted by Gasteiger charge is -2.29. The predicted octanol–water partition coefficient (Wildman–Crippen LogP) is 4.79. The number of methoxy groups -OCH3 is 1. The highest BCUT2D eigenvalue weighted by molar-refractivity contribution is 9.10. The van der Waals surface area contributed by atoms with E-state index in [2.05, 4.69) is 33.2 Å². The summed E-state index contributed by atoms with van der Waals surface area (Å²) in [6.45, 7) is 6.30. The fourth-order valence-electron chi connectivity index (χ4n) is 3.13. The number of fused-ring (bicyclic) bond motifs is 1. The summed E-state index contributed by atoms with van der Waals surface area (Å²) in [6, 6.07) is 5.21. The quantitative estimate of drug-likeness (QED) is 0.429. The Morgan fingerprint density at radius 2 is 2.14 bits per heavy atom. The number of allylic oxidation sites excluding steroid dienone is 1. The Bertz CT molecular complexity index is 928. The SMILES string of the molecule is CCCOC(=O)C1=C(C)Nc2nc(SCCC)nn2C1c1cc(Br)ccc1OC. The normalized spacial score (nSPS) is 15.7. The molecule has 1 unspecified atom stereocenters. The van der Waals surface area contributed by atoms with Gasteiger partial charge in [-0.15, -0.1) is 5.10 Å². The first-order valence-electron chi connectivity index (χ1n) is 9.57. The summed E-state index contributed by atoms with van der Waals surface area (Å²) in [7, 11) is 1.62. The minimum absolute atomic E-state index is 0.361. The average Bonchev–Trinajstić information content (AvgIpc) is 3.11. The first-order valence-corrected chi connectivity index (χ1v) is 11.4. The third-order valence-corrected chi connectivity index (χ3v) is 5.95. The van der Waals surface area contributed by atoms with E-state index in [-0.39, 0.29) is 5.97 Å². The lowest BCUT2D eigenvalue weighted by atomic mass is 9.95. The minimum atomic E-state index is -0.508. The zero-order chi connectivity index (χ0) is 21.0. The summed E-state index contributed by atoms with van der Waals surface area (Å²) in [5.41, 5.74) is 2.01. The maximum atomic E-state index is 13.0. The van der Waals surface area contributed by atoms with Crippen LogP contribution in [0.4, 0.5) is 5.95 Å². The summed E-state index contributed by atoms with van der Waals surface area (Å²) in [4.78, 5) is 17.6. The highest BCUT2D eigenvalue weighted by Crippen LogP contribution is 2.41. The number of rotatable bonds is 8. The Hall–Kier alpha value is -2.00. The van der Waals surface area contributed by atoms with Crippen LogP contribution in [-0.2, 0) is 9.53 Å². The number of nitrogens with one attached hydrogen (secondary N) is 1. The molecule has 3 rings (SSSR count). The van der Waals surface area contributed by atoms with Crippen LogP contribution in [0.1, 0.15) is 45.2 Å². The van der Waals surface area contributed by atoms with Crippen LogP contribution >= 0.6 is 27.7 Å². The first kappa shape index (κ1) is 21.7. The maximum Gasteiger partial charge on any atom is 0.338 e. The van der Waals surface area contributed by atoms with Gasteiger partial charge >= 0.3 is 5.97 Å². The Labute approximate surface area is 183 Å². The molecule has 0 amide bonds. The number of carbonyl (C=O) groups excluding carboxylic acids is 1. The summed E-state index contributed by atoms with van der Waals surface area (Å²) in [6.07, 6.45) is 1.78. The number of carbonyl (C=O) groups is 1. The van der Waals surface area contributed by atoms with Crippen LogP contribution in [0.5, 0.6) is 5.75 Å². The van der Waals surface area contributed by atoms with Gasteiger partial charge in [-0.25, -0.2) is 9.48 Å². The van der Waals surface area contributed by atoms with Gasteiger partial charge in [-0.1, -0.05) is 41.5 Å². The maximum absolute atomic E-state index is 13.0. The van der Waals surface area contributed by atoms with E-state index in [4.69, 9.17) is 14.6 Å². The van der Waals surface area contributed by atoms with Crippen LogP contribution in [0.2, 0.25) is 0 Å². The molecule has 2 heterocycles. The number of thioether (sulfide) groups is 1. The van der Waals surface area contributed by atoms with E-state index in [1.165, 1.54) is 0 Å². The van der Waals surface area contributed by atoms with Crippen molar-refractivity contribution in [2.24, 2.45) is 0 Å². The van der Waals surface area contributed by atoms with Crippen molar-refractivity contribution in [2.75, 3.05) is 24.8 Å². The number of esters is 1. The van der Waals surface area contributed by atoms with Crippen molar-refractivity contribution < 1.29 is 14.3 Å². The Morgan fingerprint density at radius 3 is 2.83 bits per heavy atom. The van der Waals surface area contributed by atoms with Crippen molar-refractivity contribution in [3.05, 3.63) is 39.5 Å². The van der Waals surface area contributed by atoms with E-state index in [0.717, 1.165) is 28.6 Å². The van der Waals surface area contributed by atoms with Gasteiger partial charge in [-0.2, -0.15) is 4.98 Å². The molecule has 0 fully saturated rings. The average molecular weight is 481 g/mol. The van der Waals surface area contributed by atoms with Gasteiger partial charge < -0.3 is 14.8 Å². The molecule has 29 heavy (non-hydrogen) atoms. The van der Waals surface area contributed by atoms with Crippen molar-refractivity contribution in [3.8, 4) is 5.75 Å². The van der Waals surface area contributed by atoms with Crippen LogP contribution in [0.3, 0.4) is 0 Å². The van der Waals surface area contributed by atoms with Gasteiger partial charge in [0.05, 0.1) is 19.3 Å². The smallest absolute Gasteiger partial charge is 0.338 e. The minimum Gasteiger partial charge on any atom is -0.496 e. The summed E-state index contributed by atoms with van der Waals surface area (Å²) < 4.78 is 13.7. The number of aromatic nitrogens is 3. The molecule has 1 aliphatic heterocycles. The fraction of sp³-hybridized carbons (Fsp3) is 0.450. The van der Waals surface area contributed by atoms with Crippen molar-refractivity contribution in [1.29, 1.82) is 0 Å². The Morgan fingerprint density at radius 1 is 1.34 bits per heavy atom. The number of ether oxygens (including phenoxy) is 2. The summed E-state index contributed by atoms with van der Waals surface area (Å²) in [5, 5.41) is 8.58. The summed E-state index contributed by atoms with van der Waals surface area (Å²) in [5.74, 6) is 1.82. The van der Waals surface area contributed by atoms with Gasteiger partial charge in [0.2, 0.25) is 11.1 Å². The third kappa shape index (κ3) is 4.61. The second-order valence-electron chi connectivity index (χ2n) is 6.60. The molecule has 0 saturated carbocycles. The molecule has 156 valence electrons. The second-order valence-corrected chi connectivity index (χ2v) is 8.58. The standard InChI is InChI=1S/C20H25BrN4O3S/c1-5-9-28-18(26)16-12(3)22-19-23-20(29-10-6-2)24-25(19)17(16)14-11-13(21)7-8-15(14)27-4/h7-8,11,17H,5-6,9-10H2,1-4H3,(H,22,23,24). The van der Waals surface area contributed by atoms with Crippen molar-refractivity contribution in [2.45, 2.75) is 44.8 Å². The molecule has 0 radical (unpaired) electrons. The van der Waals surface area contributed by atoms with E-state index >= 15 is 0 Å². The zero-order valence-corrected chi connectivity index (χ0v) is 19.4. The number of benzene rings is 1. The van der Waals surface area contributed by atoms with Crippen LogP contribution < -0.4 is 10.1 Å². The Balaban J connectivity index is 2.14. The second kappa shape index (κ2) is 9.67. The van der Waals surface area contributed by atoms with Crippen LogP contribution in [0.15, 0.2) is 39.1 Å².